The third kappa shape index (κ3) is 6.34. The fraction of sp³-hybridized carbons (Fsp3) is 0.167. The van der Waals surface area contributed by atoms with Gasteiger partial charge in [-0.3, -0.25) is 9.59 Å². The summed E-state index contributed by atoms with van der Waals surface area (Å²) < 4.78 is 31.8. The van der Waals surface area contributed by atoms with E-state index in [0.717, 1.165) is 11.8 Å². The number of aryl methyl sites for hydroxylation is 1. The predicted octanol–water partition coefficient (Wildman–Crippen LogP) is 4.09. The standard InChI is InChI=1S/C24H23ClN2O5S/c1-16-13-22(23(28)18-7-10-20(32-2)11-8-18)27(15-16)12-4-5-17-6-9-19(25)14-21(17)24(29)26-33(3,30)31/h4-11,13-15H,12H2,1-3H3,(H,26,29). The van der Waals surface area contributed by atoms with E-state index in [0.29, 0.717) is 34.1 Å². The number of hydrogen-bond donors (Lipinski definition) is 1. The topological polar surface area (TPSA) is 94.5 Å². The van der Waals surface area contributed by atoms with E-state index in [4.69, 9.17) is 16.3 Å². The lowest BCUT2D eigenvalue weighted by molar-refractivity contribution is 0.0980. The highest BCUT2D eigenvalue weighted by Crippen LogP contribution is 2.20. The third-order valence-electron chi connectivity index (χ3n) is 4.76. The van der Waals surface area contributed by atoms with Gasteiger partial charge in [-0.05, 0) is 60.5 Å². The maximum atomic E-state index is 13.0. The van der Waals surface area contributed by atoms with Gasteiger partial charge in [-0.15, -0.1) is 0 Å². The van der Waals surface area contributed by atoms with Crippen LogP contribution < -0.4 is 9.46 Å². The summed E-state index contributed by atoms with van der Waals surface area (Å²) in [5, 5.41) is 0.305. The predicted molar refractivity (Wildman–Crippen MR) is 128 cm³/mol. The number of ketones is 1. The molecule has 0 saturated heterocycles. The molecule has 0 aliphatic carbocycles. The van der Waals surface area contributed by atoms with E-state index in [1.807, 2.05) is 28.5 Å². The number of allylic oxidation sites excluding steroid dienone is 1. The molecule has 0 aliphatic rings. The highest BCUT2D eigenvalue weighted by atomic mass is 35.5. The molecule has 3 rings (SSSR count). The summed E-state index contributed by atoms with van der Waals surface area (Å²) in [7, 11) is -2.16. The average molecular weight is 487 g/mol. The van der Waals surface area contributed by atoms with Crippen LogP contribution in [0.1, 0.15) is 37.5 Å². The van der Waals surface area contributed by atoms with Crippen molar-refractivity contribution in [1.82, 2.24) is 9.29 Å². The maximum absolute atomic E-state index is 13.0. The van der Waals surface area contributed by atoms with Crippen molar-refractivity contribution in [2.24, 2.45) is 0 Å². The van der Waals surface area contributed by atoms with Gasteiger partial charge in [0, 0.05) is 28.9 Å². The van der Waals surface area contributed by atoms with Gasteiger partial charge in [0.25, 0.3) is 5.91 Å². The minimum Gasteiger partial charge on any atom is -0.497 e. The Hall–Kier alpha value is -3.36. The Morgan fingerprint density at radius 3 is 2.45 bits per heavy atom. The largest absolute Gasteiger partial charge is 0.497 e. The van der Waals surface area contributed by atoms with Crippen LogP contribution in [-0.4, -0.2) is 38.0 Å². The molecule has 1 amide bonds. The van der Waals surface area contributed by atoms with E-state index in [2.05, 4.69) is 0 Å². The first-order valence-corrected chi connectivity index (χ1v) is 12.2. The van der Waals surface area contributed by atoms with Crippen molar-refractivity contribution < 1.29 is 22.7 Å². The van der Waals surface area contributed by atoms with E-state index >= 15 is 0 Å². The minimum atomic E-state index is -3.72. The molecule has 1 N–H and O–H groups in total. The molecule has 0 bridgehead atoms. The van der Waals surface area contributed by atoms with Crippen molar-refractivity contribution in [2.45, 2.75) is 13.5 Å². The number of benzene rings is 2. The molecule has 33 heavy (non-hydrogen) atoms. The molecule has 172 valence electrons. The third-order valence-corrected chi connectivity index (χ3v) is 5.55. The quantitative estimate of drug-likeness (QED) is 0.484. The van der Waals surface area contributed by atoms with Crippen molar-refractivity contribution in [3.05, 3.63) is 93.8 Å². The zero-order valence-electron chi connectivity index (χ0n) is 18.3. The summed E-state index contributed by atoms with van der Waals surface area (Å²) in [6, 6.07) is 13.3. The van der Waals surface area contributed by atoms with Crippen LogP contribution in [0, 0.1) is 6.92 Å². The molecule has 9 heteroatoms. The number of rotatable bonds is 8. The van der Waals surface area contributed by atoms with Gasteiger partial charge in [0.15, 0.2) is 0 Å². The number of carbonyl (C=O) groups excluding carboxylic acids is 2. The molecular weight excluding hydrogens is 464 g/mol. The van der Waals surface area contributed by atoms with Crippen LogP contribution in [0.15, 0.2) is 60.8 Å². The summed E-state index contributed by atoms with van der Waals surface area (Å²) in [5.74, 6) is -0.231. The first-order chi connectivity index (χ1) is 15.6. The molecule has 1 heterocycles. The Morgan fingerprint density at radius 1 is 1.12 bits per heavy atom. The number of nitrogens with zero attached hydrogens (tertiary/aromatic N) is 1. The highest BCUT2D eigenvalue weighted by molar-refractivity contribution is 7.89. The molecular formula is C24H23ClN2O5S. The van der Waals surface area contributed by atoms with Gasteiger partial charge in [0.2, 0.25) is 15.8 Å². The monoisotopic (exact) mass is 486 g/mol. The van der Waals surface area contributed by atoms with E-state index in [-0.39, 0.29) is 11.3 Å². The van der Waals surface area contributed by atoms with E-state index < -0.39 is 15.9 Å². The number of nitrogens with one attached hydrogen (secondary N) is 1. The van der Waals surface area contributed by atoms with Crippen molar-refractivity contribution in [2.75, 3.05) is 13.4 Å². The zero-order chi connectivity index (χ0) is 24.2. The molecule has 0 saturated carbocycles. The normalized spacial score (nSPS) is 11.5. The average Bonchev–Trinajstić information content (AvgIpc) is 3.13. The van der Waals surface area contributed by atoms with Crippen LogP contribution in [-0.2, 0) is 16.6 Å². The second-order valence-corrected chi connectivity index (χ2v) is 9.63. The van der Waals surface area contributed by atoms with Gasteiger partial charge in [0.05, 0.1) is 19.1 Å². The van der Waals surface area contributed by atoms with Gasteiger partial charge < -0.3 is 9.30 Å². The van der Waals surface area contributed by atoms with Crippen molar-refractivity contribution in [3.63, 3.8) is 0 Å². The van der Waals surface area contributed by atoms with Crippen molar-refractivity contribution in [1.29, 1.82) is 0 Å². The Labute approximate surface area is 197 Å². The van der Waals surface area contributed by atoms with Crippen molar-refractivity contribution in [3.8, 4) is 5.75 Å². The molecule has 0 spiro atoms. The fourth-order valence-corrected chi connectivity index (χ4v) is 3.89. The Morgan fingerprint density at radius 2 is 1.82 bits per heavy atom. The number of methoxy groups -OCH3 is 1. The molecule has 0 aliphatic heterocycles. The molecule has 0 unspecified atom stereocenters. The van der Waals surface area contributed by atoms with E-state index in [1.54, 1.807) is 55.7 Å². The first kappa shape index (κ1) is 24.3. The van der Waals surface area contributed by atoms with Gasteiger partial charge in [-0.1, -0.05) is 29.8 Å². The summed E-state index contributed by atoms with van der Waals surface area (Å²) >= 11 is 5.99. The second kappa shape index (κ2) is 10.1. The Kier molecular flexibility index (Phi) is 7.40. The maximum Gasteiger partial charge on any atom is 0.265 e. The van der Waals surface area contributed by atoms with Gasteiger partial charge in [-0.2, -0.15) is 0 Å². The van der Waals surface area contributed by atoms with Crippen LogP contribution >= 0.6 is 11.6 Å². The minimum absolute atomic E-state index is 0.126. The SMILES string of the molecule is COc1ccc(C(=O)c2cc(C)cn2CC=Cc2ccc(Cl)cc2C(=O)NS(C)(=O)=O)cc1. The molecule has 0 radical (unpaired) electrons. The number of hydrogen-bond acceptors (Lipinski definition) is 5. The van der Waals surface area contributed by atoms with Crippen LogP contribution in [0.5, 0.6) is 5.75 Å². The van der Waals surface area contributed by atoms with Gasteiger partial charge in [0.1, 0.15) is 5.75 Å². The Balaban J connectivity index is 1.84. The summed E-state index contributed by atoms with van der Waals surface area (Å²) in [5.41, 5.74) is 2.61. The molecule has 2 aromatic carbocycles. The molecule has 3 aromatic rings. The van der Waals surface area contributed by atoms with Crippen LogP contribution in [0.25, 0.3) is 6.08 Å². The zero-order valence-corrected chi connectivity index (χ0v) is 19.9. The molecule has 7 nitrogen and oxygen atoms in total. The van der Waals surface area contributed by atoms with E-state index in [1.165, 1.54) is 6.07 Å². The molecule has 0 fully saturated rings. The summed E-state index contributed by atoms with van der Waals surface area (Å²) in [6.07, 6.45) is 6.23. The number of amides is 1. The fourth-order valence-electron chi connectivity index (χ4n) is 3.28. The molecule has 1 aromatic heterocycles. The lowest BCUT2D eigenvalue weighted by Crippen LogP contribution is -2.29. The number of aromatic nitrogens is 1. The van der Waals surface area contributed by atoms with Gasteiger partial charge >= 0.3 is 0 Å². The number of halogens is 1. The summed E-state index contributed by atoms with van der Waals surface area (Å²) in [4.78, 5) is 25.4. The van der Waals surface area contributed by atoms with Crippen molar-refractivity contribution >= 4 is 39.4 Å². The number of carbonyl (C=O) groups is 2. The smallest absolute Gasteiger partial charge is 0.265 e. The molecule has 0 atom stereocenters. The number of sulfonamides is 1. The van der Waals surface area contributed by atoms with Crippen LogP contribution in [0.4, 0.5) is 0 Å². The Bertz CT molecular complexity index is 1330. The highest BCUT2D eigenvalue weighted by Gasteiger charge is 2.16. The second-order valence-electron chi connectivity index (χ2n) is 7.45. The van der Waals surface area contributed by atoms with E-state index in [9.17, 15) is 18.0 Å². The summed E-state index contributed by atoms with van der Waals surface area (Å²) in [6.45, 7) is 2.26. The van der Waals surface area contributed by atoms with Crippen LogP contribution in [0.2, 0.25) is 5.02 Å². The lowest BCUT2D eigenvalue weighted by Gasteiger charge is -2.08. The number of ether oxygens (including phenoxy) is 1. The van der Waals surface area contributed by atoms with Crippen LogP contribution in [0.3, 0.4) is 0 Å². The van der Waals surface area contributed by atoms with Gasteiger partial charge in [-0.25, -0.2) is 13.1 Å². The lowest BCUT2D eigenvalue weighted by atomic mass is 10.1. The first-order valence-electron chi connectivity index (χ1n) is 9.91.